The van der Waals surface area contributed by atoms with Gasteiger partial charge in [0.2, 0.25) is 5.91 Å². The second-order valence-electron chi connectivity index (χ2n) is 9.68. The van der Waals surface area contributed by atoms with Gasteiger partial charge in [-0.2, -0.15) is 23.4 Å². The van der Waals surface area contributed by atoms with Crippen molar-refractivity contribution < 1.29 is 18.0 Å². The molecule has 2 N–H and O–H groups in total. The van der Waals surface area contributed by atoms with E-state index in [2.05, 4.69) is 20.2 Å². The lowest BCUT2D eigenvalue weighted by Crippen LogP contribution is -2.23. The van der Waals surface area contributed by atoms with Crippen molar-refractivity contribution in [1.29, 1.82) is 0 Å². The van der Waals surface area contributed by atoms with Crippen LogP contribution in [0.1, 0.15) is 22.6 Å². The molecule has 42 heavy (non-hydrogen) atoms. The highest BCUT2D eigenvalue weighted by Crippen LogP contribution is 2.39. The normalized spacial score (nSPS) is 12.5. The zero-order chi connectivity index (χ0) is 29.6. The molecule has 1 atom stereocenters. The number of hydrogen-bond acceptors (Lipinski definition) is 5. The molecule has 0 aliphatic heterocycles. The topological polar surface area (TPSA) is 104 Å². The highest BCUT2D eigenvalue weighted by Gasteiger charge is 2.34. The Labute approximate surface area is 242 Å². The van der Waals surface area contributed by atoms with Crippen LogP contribution in [0, 0.1) is 0 Å². The molecule has 4 heterocycles. The molecule has 0 saturated carbocycles. The molecular weight excluding hydrogens is 567 g/mol. The van der Waals surface area contributed by atoms with Crippen molar-refractivity contribution in [3.63, 3.8) is 0 Å². The van der Waals surface area contributed by atoms with Crippen molar-refractivity contribution in [2.24, 2.45) is 12.8 Å². The Morgan fingerprint density at radius 2 is 1.64 bits per heavy atom. The summed E-state index contributed by atoms with van der Waals surface area (Å²) in [4.78, 5) is 21.2. The first-order chi connectivity index (χ1) is 20.1. The Morgan fingerprint density at radius 1 is 0.881 bits per heavy atom. The van der Waals surface area contributed by atoms with E-state index in [4.69, 9.17) is 17.3 Å². The van der Waals surface area contributed by atoms with Crippen LogP contribution in [-0.4, -0.2) is 35.3 Å². The number of alkyl halides is 3. The molecule has 4 aromatic heterocycles. The number of carbonyl (C=O) groups excluding carboxylic acids is 1. The van der Waals surface area contributed by atoms with Gasteiger partial charge in [-0.25, -0.2) is 4.52 Å². The number of halogens is 4. The van der Waals surface area contributed by atoms with E-state index < -0.39 is 28.6 Å². The lowest BCUT2D eigenvalue weighted by Gasteiger charge is -2.18. The second-order valence-corrected chi connectivity index (χ2v) is 10.1. The molecule has 210 valence electrons. The SMILES string of the molecule is Cn1cc(-c2cc(-c3cnccn3)c3c(-c4ccc(C(C(N)=O)c5ccc(Cl)c(C(F)(F)F)c5)cc4)cnn3c2)cn1. The predicted molar refractivity (Wildman–Crippen MR) is 151 cm³/mol. The lowest BCUT2D eigenvalue weighted by molar-refractivity contribution is -0.137. The molecule has 1 amide bonds. The van der Waals surface area contributed by atoms with Crippen LogP contribution in [-0.2, 0) is 18.0 Å². The van der Waals surface area contributed by atoms with E-state index in [0.717, 1.165) is 45.5 Å². The highest BCUT2D eigenvalue weighted by atomic mass is 35.5. The Bertz CT molecular complexity index is 1930. The summed E-state index contributed by atoms with van der Waals surface area (Å²) in [6.07, 6.45) is 7.47. The van der Waals surface area contributed by atoms with Crippen molar-refractivity contribution in [1.82, 2.24) is 29.4 Å². The van der Waals surface area contributed by atoms with E-state index in [0.29, 0.717) is 11.3 Å². The Kier molecular flexibility index (Phi) is 6.74. The fraction of sp³-hybridized carbons (Fsp3) is 0.100. The van der Waals surface area contributed by atoms with Crippen molar-refractivity contribution in [3.8, 4) is 33.5 Å². The number of nitrogens with two attached hydrogens (primary N) is 1. The van der Waals surface area contributed by atoms with E-state index in [-0.39, 0.29) is 5.56 Å². The van der Waals surface area contributed by atoms with Gasteiger partial charge in [0.25, 0.3) is 0 Å². The fourth-order valence-electron chi connectivity index (χ4n) is 5.01. The highest BCUT2D eigenvalue weighted by molar-refractivity contribution is 6.31. The maximum atomic E-state index is 13.5. The molecular formula is C30H21ClF3N7O. The summed E-state index contributed by atoms with van der Waals surface area (Å²) in [6.45, 7) is 0. The number of fused-ring (bicyclic) bond motifs is 1. The number of pyridine rings is 1. The van der Waals surface area contributed by atoms with Gasteiger partial charge >= 0.3 is 6.18 Å². The van der Waals surface area contributed by atoms with Crippen LogP contribution in [0.2, 0.25) is 5.02 Å². The third kappa shape index (κ3) is 4.99. The van der Waals surface area contributed by atoms with Crippen LogP contribution < -0.4 is 5.73 Å². The Balaban J connectivity index is 1.44. The van der Waals surface area contributed by atoms with Crippen LogP contribution >= 0.6 is 11.6 Å². The molecule has 0 bridgehead atoms. The molecule has 0 aliphatic rings. The number of amides is 1. The summed E-state index contributed by atoms with van der Waals surface area (Å²) in [5, 5.41) is 8.41. The fourth-order valence-corrected chi connectivity index (χ4v) is 5.23. The lowest BCUT2D eigenvalue weighted by atomic mass is 9.88. The Morgan fingerprint density at radius 3 is 2.29 bits per heavy atom. The molecule has 1 unspecified atom stereocenters. The summed E-state index contributed by atoms with van der Waals surface area (Å²) >= 11 is 5.78. The molecule has 12 heteroatoms. The number of benzene rings is 2. The minimum absolute atomic E-state index is 0.0934. The van der Waals surface area contributed by atoms with Crippen molar-refractivity contribution in [2.45, 2.75) is 12.1 Å². The van der Waals surface area contributed by atoms with E-state index in [1.165, 1.54) is 6.07 Å². The van der Waals surface area contributed by atoms with Gasteiger partial charge in [0.05, 0.1) is 46.3 Å². The second kappa shape index (κ2) is 10.4. The Hall–Kier alpha value is -5.03. The number of rotatable bonds is 6. The van der Waals surface area contributed by atoms with Gasteiger partial charge in [-0.05, 0) is 34.9 Å². The molecule has 6 aromatic rings. The zero-order valence-corrected chi connectivity index (χ0v) is 22.7. The maximum absolute atomic E-state index is 13.5. The van der Waals surface area contributed by atoms with Crippen LogP contribution in [0.15, 0.2) is 91.9 Å². The zero-order valence-electron chi connectivity index (χ0n) is 21.9. The quantitative estimate of drug-likeness (QED) is 0.252. The van der Waals surface area contributed by atoms with Crippen molar-refractivity contribution in [3.05, 3.63) is 114 Å². The standard InChI is InChI=1S/C30H21ClF3N7O/c1-40-15-21(12-38-40)20-10-22(26-14-36-8-9-37-26)28-23(13-39-41(28)16-20)17-2-4-18(5-3-17)27(29(35)42)19-6-7-25(31)24(11-19)30(32,33)34/h2-16,27H,1H3,(H2,35,42). The van der Waals surface area contributed by atoms with Gasteiger partial charge in [-0.15, -0.1) is 0 Å². The summed E-state index contributed by atoms with van der Waals surface area (Å²) in [5.41, 5.74) is 10.7. The number of nitrogens with zero attached hydrogens (tertiary/aromatic N) is 6. The third-order valence-corrected chi connectivity index (χ3v) is 7.29. The number of hydrogen-bond donors (Lipinski definition) is 1. The number of aryl methyl sites for hydroxylation is 1. The summed E-state index contributed by atoms with van der Waals surface area (Å²) in [5.74, 6) is -1.90. The molecule has 8 nitrogen and oxygen atoms in total. The first kappa shape index (κ1) is 27.2. The van der Waals surface area contributed by atoms with Crippen molar-refractivity contribution >= 4 is 23.0 Å². The molecule has 0 aliphatic carbocycles. The first-order valence-electron chi connectivity index (χ1n) is 12.6. The van der Waals surface area contributed by atoms with Gasteiger partial charge in [-0.1, -0.05) is 41.9 Å². The monoisotopic (exact) mass is 587 g/mol. The average Bonchev–Trinajstić information content (AvgIpc) is 3.60. The summed E-state index contributed by atoms with van der Waals surface area (Å²) in [6, 6.07) is 12.2. The largest absolute Gasteiger partial charge is 0.417 e. The molecule has 2 aromatic carbocycles. The smallest absolute Gasteiger partial charge is 0.369 e. The minimum Gasteiger partial charge on any atom is -0.369 e. The van der Waals surface area contributed by atoms with E-state index >= 15 is 0 Å². The molecule has 0 radical (unpaired) electrons. The third-order valence-electron chi connectivity index (χ3n) is 6.96. The van der Waals surface area contributed by atoms with E-state index in [9.17, 15) is 18.0 Å². The molecule has 0 saturated heterocycles. The van der Waals surface area contributed by atoms with Crippen LogP contribution in [0.25, 0.3) is 39.0 Å². The van der Waals surface area contributed by atoms with Gasteiger partial charge in [0, 0.05) is 54.1 Å². The van der Waals surface area contributed by atoms with Crippen LogP contribution in [0.3, 0.4) is 0 Å². The first-order valence-corrected chi connectivity index (χ1v) is 13.0. The average molecular weight is 588 g/mol. The van der Waals surface area contributed by atoms with E-state index in [1.807, 2.05) is 25.5 Å². The maximum Gasteiger partial charge on any atom is 0.417 e. The predicted octanol–water partition coefficient (Wildman–Crippen LogP) is 6.15. The minimum atomic E-state index is -4.68. The van der Waals surface area contributed by atoms with Crippen LogP contribution in [0.5, 0.6) is 0 Å². The molecule has 0 spiro atoms. The molecule has 6 rings (SSSR count). The van der Waals surface area contributed by atoms with Gasteiger partial charge in [0.15, 0.2) is 0 Å². The summed E-state index contributed by atoms with van der Waals surface area (Å²) in [7, 11) is 1.84. The van der Waals surface area contributed by atoms with Gasteiger partial charge < -0.3 is 5.73 Å². The number of aromatic nitrogens is 6. The van der Waals surface area contributed by atoms with Crippen LogP contribution in [0.4, 0.5) is 13.2 Å². The van der Waals surface area contributed by atoms with Gasteiger partial charge in [0.1, 0.15) is 0 Å². The number of carbonyl (C=O) groups is 1. The van der Waals surface area contributed by atoms with E-state index in [1.54, 1.807) is 64.4 Å². The van der Waals surface area contributed by atoms with Crippen molar-refractivity contribution in [2.75, 3.05) is 0 Å². The molecule has 0 fully saturated rings. The van der Waals surface area contributed by atoms with Gasteiger partial charge in [-0.3, -0.25) is 19.4 Å². The number of primary amides is 1. The summed E-state index contributed by atoms with van der Waals surface area (Å²) < 4.78 is 43.9.